The second-order valence-electron chi connectivity index (χ2n) is 8.53. The molecule has 1 saturated heterocycles. The van der Waals surface area contributed by atoms with Crippen molar-refractivity contribution in [3.05, 3.63) is 70.8 Å². The number of rotatable bonds is 10. The molecule has 0 bridgehead atoms. The number of carbonyl (C=O) groups is 2. The molecule has 3 rings (SSSR count). The SMILES string of the molecule is Cc1ccc(C(=O)CCC(=O)NCCCN2CCN(Cc3ccccc3)CC2)cc1C. The van der Waals surface area contributed by atoms with Crippen molar-refractivity contribution in [2.75, 3.05) is 39.3 Å². The summed E-state index contributed by atoms with van der Waals surface area (Å²) in [6.07, 6.45) is 1.46. The van der Waals surface area contributed by atoms with E-state index in [0.29, 0.717) is 12.1 Å². The van der Waals surface area contributed by atoms with Gasteiger partial charge < -0.3 is 10.2 Å². The van der Waals surface area contributed by atoms with Crippen LogP contribution < -0.4 is 5.32 Å². The van der Waals surface area contributed by atoms with Crippen molar-refractivity contribution >= 4 is 11.7 Å². The van der Waals surface area contributed by atoms with Gasteiger partial charge in [-0.15, -0.1) is 0 Å². The van der Waals surface area contributed by atoms with Crippen LogP contribution in [-0.4, -0.2) is 60.8 Å². The summed E-state index contributed by atoms with van der Waals surface area (Å²) in [6.45, 7) is 11.0. The smallest absolute Gasteiger partial charge is 0.220 e. The fraction of sp³-hybridized carbons (Fsp3) is 0.462. The fourth-order valence-electron chi connectivity index (χ4n) is 3.92. The van der Waals surface area contributed by atoms with E-state index in [0.717, 1.165) is 51.3 Å². The highest BCUT2D eigenvalue weighted by Crippen LogP contribution is 2.12. The molecule has 1 amide bonds. The molecule has 5 nitrogen and oxygen atoms in total. The summed E-state index contributed by atoms with van der Waals surface area (Å²) < 4.78 is 0. The van der Waals surface area contributed by atoms with Crippen molar-refractivity contribution in [2.24, 2.45) is 0 Å². The van der Waals surface area contributed by atoms with Crippen LogP contribution in [0.3, 0.4) is 0 Å². The Hall–Kier alpha value is -2.50. The minimum absolute atomic E-state index is 0.0339. The van der Waals surface area contributed by atoms with Crippen LogP contribution in [0, 0.1) is 13.8 Å². The molecule has 1 aliphatic rings. The minimum Gasteiger partial charge on any atom is -0.356 e. The number of nitrogens with one attached hydrogen (secondary N) is 1. The van der Waals surface area contributed by atoms with Crippen molar-refractivity contribution in [1.29, 1.82) is 0 Å². The Morgan fingerprint density at radius 2 is 1.58 bits per heavy atom. The maximum absolute atomic E-state index is 12.3. The maximum atomic E-state index is 12.3. The molecule has 2 aromatic rings. The van der Waals surface area contributed by atoms with Crippen molar-refractivity contribution in [3.63, 3.8) is 0 Å². The zero-order valence-corrected chi connectivity index (χ0v) is 18.9. The monoisotopic (exact) mass is 421 g/mol. The molecule has 5 heteroatoms. The van der Waals surface area contributed by atoms with Crippen molar-refractivity contribution in [3.8, 4) is 0 Å². The third kappa shape index (κ3) is 7.60. The molecular weight excluding hydrogens is 386 g/mol. The third-order valence-corrected chi connectivity index (χ3v) is 6.10. The van der Waals surface area contributed by atoms with Gasteiger partial charge in [0, 0.05) is 57.7 Å². The Labute approximate surface area is 186 Å². The normalized spacial score (nSPS) is 15.0. The van der Waals surface area contributed by atoms with Gasteiger partial charge in [-0.25, -0.2) is 0 Å². The molecule has 0 unspecified atom stereocenters. The lowest BCUT2D eigenvalue weighted by Crippen LogP contribution is -2.46. The van der Waals surface area contributed by atoms with Crippen LogP contribution in [0.4, 0.5) is 0 Å². The lowest BCUT2D eigenvalue weighted by molar-refractivity contribution is -0.121. The van der Waals surface area contributed by atoms with Gasteiger partial charge in [0.15, 0.2) is 5.78 Å². The van der Waals surface area contributed by atoms with Gasteiger partial charge in [-0.3, -0.25) is 14.5 Å². The van der Waals surface area contributed by atoms with Crippen LogP contribution in [0.5, 0.6) is 0 Å². The molecule has 0 aliphatic carbocycles. The lowest BCUT2D eigenvalue weighted by Gasteiger charge is -2.34. The highest BCUT2D eigenvalue weighted by atomic mass is 16.2. The summed E-state index contributed by atoms with van der Waals surface area (Å²) >= 11 is 0. The predicted octanol–water partition coefficient (Wildman–Crippen LogP) is 3.59. The molecule has 31 heavy (non-hydrogen) atoms. The van der Waals surface area contributed by atoms with E-state index in [1.807, 2.05) is 32.0 Å². The number of hydrogen-bond donors (Lipinski definition) is 1. The number of ketones is 1. The zero-order chi connectivity index (χ0) is 22.1. The Morgan fingerprint density at radius 3 is 2.29 bits per heavy atom. The molecule has 0 radical (unpaired) electrons. The summed E-state index contributed by atoms with van der Waals surface area (Å²) in [7, 11) is 0. The Kier molecular flexibility index (Phi) is 8.80. The topological polar surface area (TPSA) is 52.7 Å². The van der Waals surface area contributed by atoms with Crippen LogP contribution in [0.2, 0.25) is 0 Å². The molecule has 2 aromatic carbocycles. The van der Waals surface area contributed by atoms with Crippen LogP contribution in [0.1, 0.15) is 46.3 Å². The van der Waals surface area contributed by atoms with E-state index in [1.54, 1.807) is 0 Å². The van der Waals surface area contributed by atoms with Gasteiger partial charge in [-0.2, -0.15) is 0 Å². The van der Waals surface area contributed by atoms with Gasteiger partial charge >= 0.3 is 0 Å². The molecule has 0 aromatic heterocycles. The molecular formula is C26H35N3O2. The standard InChI is InChI=1S/C26H35N3O2/c1-21-9-10-24(19-22(21)2)25(30)11-12-26(31)27-13-6-14-28-15-17-29(18-16-28)20-23-7-4-3-5-8-23/h3-5,7-10,19H,6,11-18,20H2,1-2H3,(H,27,31). The summed E-state index contributed by atoms with van der Waals surface area (Å²) in [4.78, 5) is 29.4. The first-order valence-corrected chi connectivity index (χ1v) is 11.4. The van der Waals surface area contributed by atoms with Gasteiger partial charge in [0.2, 0.25) is 5.91 Å². The summed E-state index contributed by atoms with van der Waals surface area (Å²) in [6, 6.07) is 16.3. The van der Waals surface area contributed by atoms with E-state index in [4.69, 9.17) is 0 Å². The second-order valence-corrected chi connectivity index (χ2v) is 8.53. The van der Waals surface area contributed by atoms with Gasteiger partial charge in [0.25, 0.3) is 0 Å². The van der Waals surface area contributed by atoms with Crippen LogP contribution in [0.15, 0.2) is 48.5 Å². The maximum Gasteiger partial charge on any atom is 0.220 e. The third-order valence-electron chi connectivity index (χ3n) is 6.10. The van der Waals surface area contributed by atoms with Crippen molar-refractivity contribution < 1.29 is 9.59 Å². The quantitative estimate of drug-likeness (QED) is 0.471. The average molecular weight is 422 g/mol. The molecule has 166 valence electrons. The number of aryl methyl sites for hydroxylation is 2. The van der Waals surface area contributed by atoms with Gasteiger partial charge in [0.1, 0.15) is 0 Å². The second kappa shape index (κ2) is 11.8. The number of hydrogen-bond acceptors (Lipinski definition) is 4. The molecule has 0 saturated carbocycles. The summed E-state index contributed by atoms with van der Waals surface area (Å²) in [5.41, 5.74) is 4.35. The van der Waals surface area contributed by atoms with Crippen molar-refractivity contribution in [2.45, 2.75) is 39.7 Å². The summed E-state index contributed by atoms with van der Waals surface area (Å²) in [5, 5.41) is 2.96. The Balaban J connectivity index is 1.26. The van der Waals surface area contributed by atoms with E-state index in [-0.39, 0.29) is 24.5 Å². The summed E-state index contributed by atoms with van der Waals surface area (Å²) in [5.74, 6) is -0.00325. The highest BCUT2D eigenvalue weighted by molar-refractivity contribution is 5.98. The van der Waals surface area contributed by atoms with E-state index < -0.39 is 0 Å². The van der Waals surface area contributed by atoms with Crippen LogP contribution in [0.25, 0.3) is 0 Å². The van der Waals surface area contributed by atoms with E-state index >= 15 is 0 Å². The first-order chi connectivity index (χ1) is 15.0. The first kappa shape index (κ1) is 23.2. The molecule has 0 atom stereocenters. The van der Waals surface area contributed by atoms with E-state index in [9.17, 15) is 9.59 Å². The van der Waals surface area contributed by atoms with Gasteiger partial charge in [-0.05, 0) is 49.6 Å². The zero-order valence-electron chi connectivity index (χ0n) is 18.9. The van der Waals surface area contributed by atoms with Gasteiger partial charge in [-0.1, -0.05) is 42.5 Å². The molecule has 1 aliphatic heterocycles. The Bertz CT molecular complexity index is 858. The number of Topliss-reactive ketones (excluding diaryl/α,β-unsaturated/α-hetero) is 1. The number of nitrogens with zero attached hydrogens (tertiary/aromatic N) is 2. The van der Waals surface area contributed by atoms with Crippen molar-refractivity contribution in [1.82, 2.24) is 15.1 Å². The predicted molar refractivity (Wildman–Crippen MR) is 125 cm³/mol. The van der Waals surface area contributed by atoms with Gasteiger partial charge in [0.05, 0.1) is 0 Å². The molecule has 1 N–H and O–H groups in total. The van der Waals surface area contributed by atoms with Crippen LogP contribution in [-0.2, 0) is 11.3 Å². The van der Waals surface area contributed by atoms with E-state index in [1.165, 1.54) is 11.1 Å². The van der Waals surface area contributed by atoms with Crippen LogP contribution >= 0.6 is 0 Å². The number of piperazine rings is 1. The number of amides is 1. The number of benzene rings is 2. The minimum atomic E-state index is -0.0372. The Morgan fingerprint density at radius 1 is 0.871 bits per heavy atom. The number of carbonyl (C=O) groups excluding carboxylic acids is 2. The van der Waals surface area contributed by atoms with E-state index in [2.05, 4.69) is 45.4 Å². The first-order valence-electron chi connectivity index (χ1n) is 11.4. The lowest BCUT2D eigenvalue weighted by atomic mass is 10.0. The molecule has 1 fully saturated rings. The fourth-order valence-corrected chi connectivity index (χ4v) is 3.92. The largest absolute Gasteiger partial charge is 0.356 e. The molecule has 1 heterocycles. The average Bonchev–Trinajstić information content (AvgIpc) is 2.78. The highest BCUT2D eigenvalue weighted by Gasteiger charge is 2.16. The molecule has 0 spiro atoms.